The topological polar surface area (TPSA) is 169 Å². The molecule has 2 aromatic carbocycles. The van der Waals surface area contributed by atoms with Crippen LogP contribution in [-0.2, 0) is 4.79 Å². The molecule has 0 amide bonds. The third kappa shape index (κ3) is 9.75. The molecule has 0 radical (unpaired) electrons. The second-order valence-electron chi connectivity index (χ2n) is 10.9. The standard InChI is InChI=1S/C18H32O2.C15H10O7/c19-18(20)16-10-8-6-4-2-1-3-5-7-9-13-17-14-11-12-15-17;16-7-4-10(19)12-11(5-7)22-15(14(21)13(12)20)6-1-2-8(17)9(18)3-6/h11,14,17H,1-10,12-13,15-16H2,(H,19,20);1-5,16-19,21H. The van der Waals surface area contributed by atoms with Gasteiger partial charge in [-0.1, -0.05) is 69.9 Å². The number of aromatic hydroxyl groups is 5. The number of fused-ring (bicyclic) bond motifs is 1. The second-order valence-corrected chi connectivity index (χ2v) is 10.9. The van der Waals surface area contributed by atoms with E-state index in [1.54, 1.807) is 0 Å². The van der Waals surface area contributed by atoms with Crippen molar-refractivity contribution in [2.75, 3.05) is 0 Å². The van der Waals surface area contributed by atoms with Gasteiger partial charge < -0.3 is 35.1 Å². The first-order valence-electron chi connectivity index (χ1n) is 14.8. The summed E-state index contributed by atoms with van der Waals surface area (Å²) in [6, 6.07) is 5.64. The number of carbonyl (C=O) groups is 1. The summed E-state index contributed by atoms with van der Waals surface area (Å²) < 4.78 is 5.35. The smallest absolute Gasteiger partial charge is 0.303 e. The van der Waals surface area contributed by atoms with Crippen LogP contribution in [0.4, 0.5) is 0 Å². The summed E-state index contributed by atoms with van der Waals surface area (Å²) in [7, 11) is 0. The Morgan fingerprint density at radius 3 is 2.02 bits per heavy atom. The first-order chi connectivity index (χ1) is 20.2. The van der Waals surface area contributed by atoms with Crippen LogP contribution in [0.1, 0.15) is 89.9 Å². The number of rotatable bonds is 14. The molecular weight excluding hydrogens is 540 g/mol. The van der Waals surface area contributed by atoms with Gasteiger partial charge >= 0.3 is 5.97 Å². The quantitative estimate of drug-likeness (QED) is 0.0633. The molecule has 1 aliphatic carbocycles. The van der Waals surface area contributed by atoms with E-state index in [4.69, 9.17) is 9.52 Å². The Hall–Kier alpha value is -4.14. The van der Waals surface area contributed by atoms with E-state index in [-0.39, 0.29) is 33.8 Å². The van der Waals surface area contributed by atoms with Crippen LogP contribution in [0.3, 0.4) is 0 Å². The molecule has 4 rings (SSSR count). The van der Waals surface area contributed by atoms with Crippen molar-refractivity contribution < 1.29 is 39.9 Å². The van der Waals surface area contributed by atoms with E-state index in [0.717, 1.165) is 43.0 Å². The third-order valence-corrected chi connectivity index (χ3v) is 7.50. The lowest BCUT2D eigenvalue weighted by Crippen LogP contribution is -2.02. The molecular formula is C33H42O9. The Morgan fingerprint density at radius 1 is 0.786 bits per heavy atom. The molecule has 0 aliphatic heterocycles. The number of hydrogen-bond donors (Lipinski definition) is 6. The highest BCUT2D eigenvalue weighted by Crippen LogP contribution is 2.37. The number of benzene rings is 2. The number of phenolic OH excluding ortho intramolecular Hbond substituents is 4. The number of phenols is 4. The molecule has 1 unspecified atom stereocenters. The summed E-state index contributed by atoms with van der Waals surface area (Å²) in [5, 5.41) is 56.2. The van der Waals surface area contributed by atoms with Crippen molar-refractivity contribution in [2.24, 2.45) is 5.92 Å². The lowest BCUT2D eigenvalue weighted by molar-refractivity contribution is -0.137. The van der Waals surface area contributed by atoms with Crippen LogP contribution in [0.25, 0.3) is 22.3 Å². The average Bonchev–Trinajstić information content (AvgIpc) is 3.46. The summed E-state index contributed by atoms with van der Waals surface area (Å²) in [5.41, 5.74) is -0.890. The zero-order chi connectivity index (χ0) is 30.5. The minimum absolute atomic E-state index is 0.134. The van der Waals surface area contributed by atoms with Crippen molar-refractivity contribution in [3.8, 4) is 40.1 Å². The van der Waals surface area contributed by atoms with Crippen LogP contribution in [0, 0.1) is 5.92 Å². The third-order valence-electron chi connectivity index (χ3n) is 7.50. The summed E-state index contributed by atoms with van der Waals surface area (Å²) >= 11 is 0. The van der Waals surface area contributed by atoms with Crippen molar-refractivity contribution >= 4 is 16.9 Å². The molecule has 1 heterocycles. The Labute approximate surface area is 245 Å². The van der Waals surface area contributed by atoms with Gasteiger partial charge in [-0.05, 0) is 49.8 Å². The number of allylic oxidation sites excluding steroid dienone is 2. The predicted octanol–water partition coefficient (Wildman–Crippen LogP) is 7.71. The molecule has 228 valence electrons. The van der Waals surface area contributed by atoms with Crippen LogP contribution in [0.5, 0.6) is 28.7 Å². The molecule has 42 heavy (non-hydrogen) atoms. The monoisotopic (exact) mass is 582 g/mol. The molecule has 9 heteroatoms. The summed E-state index contributed by atoms with van der Waals surface area (Å²) in [6.07, 6.45) is 21.9. The average molecular weight is 583 g/mol. The van der Waals surface area contributed by atoms with E-state index >= 15 is 0 Å². The number of carboxylic acid groups (broad SMARTS) is 1. The fourth-order valence-electron chi connectivity index (χ4n) is 5.17. The van der Waals surface area contributed by atoms with Gasteiger partial charge in [0.1, 0.15) is 22.5 Å². The molecule has 0 spiro atoms. The first kappa shape index (κ1) is 32.4. The summed E-state index contributed by atoms with van der Waals surface area (Å²) in [6.45, 7) is 0. The summed E-state index contributed by atoms with van der Waals surface area (Å²) in [5.74, 6) is -2.48. The minimum atomic E-state index is -0.888. The maximum atomic E-state index is 12.1. The van der Waals surface area contributed by atoms with Gasteiger partial charge in [-0.15, -0.1) is 0 Å². The zero-order valence-corrected chi connectivity index (χ0v) is 23.9. The highest BCUT2D eigenvalue weighted by molar-refractivity contribution is 5.88. The van der Waals surface area contributed by atoms with Crippen molar-refractivity contribution in [3.05, 3.63) is 52.7 Å². The van der Waals surface area contributed by atoms with Crippen LogP contribution in [0.15, 0.2) is 51.7 Å². The molecule has 0 saturated heterocycles. The minimum Gasteiger partial charge on any atom is -0.508 e. The van der Waals surface area contributed by atoms with Gasteiger partial charge in [-0.3, -0.25) is 9.59 Å². The van der Waals surface area contributed by atoms with Crippen LogP contribution >= 0.6 is 0 Å². The maximum Gasteiger partial charge on any atom is 0.303 e. The van der Waals surface area contributed by atoms with Crippen molar-refractivity contribution in [3.63, 3.8) is 0 Å². The van der Waals surface area contributed by atoms with Crippen LogP contribution < -0.4 is 5.43 Å². The number of unbranched alkanes of at least 4 members (excludes halogenated alkanes) is 9. The number of hydrogen-bond acceptors (Lipinski definition) is 8. The highest BCUT2D eigenvalue weighted by Gasteiger charge is 2.19. The van der Waals surface area contributed by atoms with Gasteiger partial charge in [-0.2, -0.15) is 0 Å². The van der Waals surface area contributed by atoms with Gasteiger partial charge in [0, 0.05) is 24.1 Å². The van der Waals surface area contributed by atoms with Gasteiger partial charge in [0.25, 0.3) is 0 Å². The Morgan fingerprint density at radius 2 is 1.43 bits per heavy atom. The lowest BCUT2D eigenvalue weighted by Gasteiger charge is -2.08. The zero-order valence-electron chi connectivity index (χ0n) is 23.9. The van der Waals surface area contributed by atoms with Gasteiger partial charge in [0.2, 0.25) is 11.2 Å². The molecule has 6 N–H and O–H groups in total. The number of carboxylic acids is 1. The molecule has 9 nitrogen and oxygen atoms in total. The molecule has 3 aromatic rings. The molecule has 0 bridgehead atoms. The molecule has 1 aliphatic rings. The Bertz CT molecular complexity index is 1410. The molecule has 0 fully saturated rings. The van der Waals surface area contributed by atoms with Crippen LogP contribution in [0.2, 0.25) is 0 Å². The molecule has 1 atom stereocenters. The van der Waals surface area contributed by atoms with Crippen molar-refractivity contribution in [2.45, 2.75) is 89.9 Å². The normalized spacial score (nSPS) is 14.1. The van der Waals surface area contributed by atoms with Gasteiger partial charge in [0.15, 0.2) is 17.3 Å². The van der Waals surface area contributed by atoms with Crippen molar-refractivity contribution in [1.29, 1.82) is 0 Å². The lowest BCUT2D eigenvalue weighted by atomic mass is 9.99. The molecule has 1 aromatic heterocycles. The van der Waals surface area contributed by atoms with E-state index in [1.807, 2.05) is 0 Å². The van der Waals surface area contributed by atoms with E-state index in [2.05, 4.69) is 12.2 Å². The van der Waals surface area contributed by atoms with Crippen molar-refractivity contribution in [1.82, 2.24) is 0 Å². The van der Waals surface area contributed by atoms with Gasteiger partial charge in [0.05, 0.1) is 0 Å². The van der Waals surface area contributed by atoms with Crippen LogP contribution in [-0.4, -0.2) is 36.6 Å². The largest absolute Gasteiger partial charge is 0.508 e. The fourth-order valence-corrected chi connectivity index (χ4v) is 5.17. The predicted molar refractivity (Wildman–Crippen MR) is 161 cm³/mol. The first-order valence-corrected chi connectivity index (χ1v) is 14.8. The summed E-state index contributed by atoms with van der Waals surface area (Å²) in [4.78, 5) is 22.5. The second kappa shape index (κ2) is 16.3. The van der Waals surface area contributed by atoms with E-state index in [0.29, 0.717) is 6.42 Å². The van der Waals surface area contributed by atoms with Gasteiger partial charge in [-0.25, -0.2) is 0 Å². The highest BCUT2D eigenvalue weighted by atomic mass is 16.4. The Balaban J connectivity index is 0.000000232. The Kier molecular flexibility index (Phi) is 12.6. The maximum absolute atomic E-state index is 12.1. The number of aliphatic carboxylic acids is 1. The van der Waals surface area contributed by atoms with E-state index < -0.39 is 28.6 Å². The molecule has 0 saturated carbocycles. The SMILES string of the molecule is O=C(O)CCCCCCCCCCCCC1C=CCC1.O=c1c(O)c(-c2ccc(O)c(O)c2)oc2cc(O)cc(O)c12. The van der Waals surface area contributed by atoms with E-state index in [1.165, 1.54) is 76.7 Å². The van der Waals surface area contributed by atoms with E-state index in [9.17, 15) is 35.1 Å². The fraction of sp³-hybridized carbons (Fsp3) is 0.455.